The molecular formula is C15H19BrO. The molecule has 2 heteroatoms. The highest BCUT2D eigenvalue weighted by Gasteiger charge is 2.26. The summed E-state index contributed by atoms with van der Waals surface area (Å²) in [5.74, 6) is 1.44. The van der Waals surface area contributed by atoms with E-state index < -0.39 is 0 Å². The van der Waals surface area contributed by atoms with Crippen molar-refractivity contribution in [3.05, 3.63) is 34.3 Å². The first kappa shape index (κ1) is 12.8. The fourth-order valence-electron chi connectivity index (χ4n) is 2.71. The van der Waals surface area contributed by atoms with Crippen LogP contribution in [0.4, 0.5) is 0 Å². The molecule has 1 aliphatic rings. The van der Waals surface area contributed by atoms with Gasteiger partial charge in [0.2, 0.25) is 0 Å². The Bertz CT molecular complexity index is 392. The molecule has 0 atom stereocenters. The Morgan fingerprint density at radius 2 is 2.00 bits per heavy atom. The smallest absolute Gasteiger partial charge is 0.165 e. The van der Waals surface area contributed by atoms with Crippen molar-refractivity contribution in [1.82, 2.24) is 0 Å². The van der Waals surface area contributed by atoms with Crippen molar-refractivity contribution in [3.63, 3.8) is 0 Å². The third-order valence-corrected chi connectivity index (χ3v) is 4.40. The summed E-state index contributed by atoms with van der Waals surface area (Å²) < 4.78 is 0.991. The number of carbonyl (C=O) groups excluding carboxylic acids is 1. The van der Waals surface area contributed by atoms with Gasteiger partial charge in [0.15, 0.2) is 5.78 Å². The molecule has 1 fully saturated rings. The molecule has 0 unspecified atom stereocenters. The summed E-state index contributed by atoms with van der Waals surface area (Å²) in [6.07, 6.45) is 5.85. The van der Waals surface area contributed by atoms with Gasteiger partial charge in [-0.3, -0.25) is 4.79 Å². The molecule has 0 radical (unpaired) electrons. The number of rotatable bonds is 3. The summed E-state index contributed by atoms with van der Waals surface area (Å²) in [6, 6.07) is 7.77. The summed E-state index contributed by atoms with van der Waals surface area (Å²) in [5.41, 5.74) is 0.860. The van der Waals surface area contributed by atoms with E-state index in [-0.39, 0.29) is 5.92 Å². The maximum Gasteiger partial charge on any atom is 0.165 e. The van der Waals surface area contributed by atoms with E-state index in [2.05, 4.69) is 22.9 Å². The Kier molecular flexibility index (Phi) is 4.38. The third kappa shape index (κ3) is 3.19. The number of ketones is 1. The minimum atomic E-state index is 0.257. The number of benzene rings is 1. The summed E-state index contributed by atoms with van der Waals surface area (Å²) in [4.78, 5) is 12.3. The van der Waals surface area contributed by atoms with Gasteiger partial charge in [-0.2, -0.15) is 0 Å². The van der Waals surface area contributed by atoms with E-state index in [0.717, 1.165) is 28.8 Å². The highest BCUT2D eigenvalue weighted by molar-refractivity contribution is 9.10. The molecule has 1 nitrogen and oxygen atoms in total. The fourth-order valence-corrected chi connectivity index (χ4v) is 3.11. The largest absolute Gasteiger partial charge is 0.294 e. The molecule has 1 aliphatic carbocycles. The van der Waals surface area contributed by atoms with Crippen LogP contribution in [0.2, 0.25) is 0 Å². The lowest BCUT2D eigenvalue weighted by molar-refractivity contribution is 0.0871. The first-order valence-corrected chi connectivity index (χ1v) is 7.29. The van der Waals surface area contributed by atoms with Gasteiger partial charge in [0.1, 0.15) is 0 Å². The quantitative estimate of drug-likeness (QED) is 0.729. The number of carbonyl (C=O) groups is 1. The van der Waals surface area contributed by atoms with Crippen LogP contribution in [-0.4, -0.2) is 5.78 Å². The molecule has 1 aromatic rings. The second-order valence-corrected chi connectivity index (χ2v) is 5.92. The van der Waals surface area contributed by atoms with Gasteiger partial charge in [0.25, 0.3) is 0 Å². The zero-order valence-electron chi connectivity index (χ0n) is 10.3. The Labute approximate surface area is 112 Å². The lowest BCUT2D eigenvalue weighted by atomic mass is 9.78. The minimum absolute atomic E-state index is 0.257. The van der Waals surface area contributed by atoms with Crippen LogP contribution in [0.25, 0.3) is 0 Å². The third-order valence-electron chi connectivity index (χ3n) is 3.90. The van der Waals surface area contributed by atoms with Crippen LogP contribution in [0.5, 0.6) is 0 Å². The van der Waals surface area contributed by atoms with Gasteiger partial charge in [0.05, 0.1) is 0 Å². The first-order valence-electron chi connectivity index (χ1n) is 6.50. The van der Waals surface area contributed by atoms with E-state index >= 15 is 0 Å². The molecule has 1 aromatic carbocycles. The van der Waals surface area contributed by atoms with Crippen molar-refractivity contribution in [2.75, 3.05) is 0 Å². The Morgan fingerprint density at radius 3 is 2.59 bits per heavy atom. The van der Waals surface area contributed by atoms with Crippen LogP contribution in [0.1, 0.15) is 49.4 Å². The SMILES string of the molecule is CCC1CCC(C(=O)c2cccc(Br)c2)CC1. The Morgan fingerprint density at radius 1 is 1.29 bits per heavy atom. The van der Waals surface area contributed by atoms with E-state index in [1.54, 1.807) is 0 Å². The molecule has 1 saturated carbocycles. The molecule has 0 saturated heterocycles. The van der Waals surface area contributed by atoms with Gasteiger partial charge in [-0.25, -0.2) is 0 Å². The minimum Gasteiger partial charge on any atom is -0.294 e. The van der Waals surface area contributed by atoms with Crippen LogP contribution in [0.15, 0.2) is 28.7 Å². The zero-order valence-corrected chi connectivity index (χ0v) is 11.9. The van der Waals surface area contributed by atoms with Crippen LogP contribution in [0.3, 0.4) is 0 Å². The van der Waals surface area contributed by atoms with E-state index in [1.165, 1.54) is 19.3 Å². The molecule has 0 aliphatic heterocycles. The Balaban J connectivity index is 2.02. The molecule has 0 bridgehead atoms. The van der Waals surface area contributed by atoms with Crippen molar-refractivity contribution >= 4 is 21.7 Å². The molecule has 92 valence electrons. The van der Waals surface area contributed by atoms with Crippen LogP contribution < -0.4 is 0 Å². The predicted molar refractivity (Wildman–Crippen MR) is 74.2 cm³/mol. The van der Waals surface area contributed by atoms with Crippen molar-refractivity contribution < 1.29 is 4.79 Å². The summed E-state index contributed by atoms with van der Waals surface area (Å²) in [6.45, 7) is 2.25. The highest BCUT2D eigenvalue weighted by atomic mass is 79.9. The average molecular weight is 295 g/mol. The monoisotopic (exact) mass is 294 g/mol. The second kappa shape index (κ2) is 5.81. The van der Waals surface area contributed by atoms with E-state index in [0.29, 0.717) is 5.78 Å². The van der Waals surface area contributed by atoms with Crippen LogP contribution >= 0.6 is 15.9 Å². The summed E-state index contributed by atoms with van der Waals surface area (Å²) in [7, 11) is 0. The second-order valence-electron chi connectivity index (χ2n) is 5.00. The van der Waals surface area contributed by atoms with E-state index in [9.17, 15) is 4.79 Å². The normalized spacial score (nSPS) is 24.6. The number of Topliss-reactive ketones (excluding diaryl/α,β-unsaturated/α-hetero) is 1. The van der Waals surface area contributed by atoms with E-state index in [4.69, 9.17) is 0 Å². The molecule has 0 heterocycles. The maximum atomic E-state index is 12.3. The number of hydrogen-bond donors (Lipinski definition) is 0. The van der Waals surface area contributed by atoms with Crippen molar-refractivity contribution in [2.45, 2.75) is 39.0 Å². The predicted octanol–water partition coefficient (Wildman–Crippen LogP) is 4.85. The molecule has 0 N–H and O–H groups in total. The molecule has 0 aromatic heterocycles. The lowest BCUT2D eigenvalue weighted by Crippen LogP contribution is -2.21. The zero-order chi connectivity index (χ0) is 12.3. The first-order chi connectivity index (χ1) is 8.20. The van der Waals surface area contributed by atoms with Crippen molar-refractivity contribution in [3.8, 4) is 0 Å². The molecular weight excluding hydrogens is 276 g/mol. The molecule has 2 rings (SSSR count). The fraction of sp³-hybridized carbons (Fsp3) is 0.533. The molecule has 0 amide bonds. The topological polar surface area (TPSA) is 17.1 Å². The van der Waals surface area contributed by atoms with Gasteiger partial charge >= 0.3 is 0 Å². The summed E-state index contributed by atoms with van der Waals surface area (Å²) in [5, 5.41) is 0. The van der Waals surface area contributed by atoms with Crippen LogP contribution in [-0.2, 0) is 0 Å². The lowest BCUT2D eigenvalue weighted by Gasteiger charge is -2.26. The Hall–Kier alpha value is -0.630. The highest BCUT2D eigenvalue weighted by Crippen LogP contribution is 2.32. The van der Waals surface area contributed by atoms with Gasteiger partial charge in [-0.1, -0.05) is 41.4 Å². The summed E-state index contributed by atoms with van der Waals surface area (Å²) >= 11 is 3.42. The van der Waals surface area contributed by atoms with Crippen molar-refractivity contribution in [2.24, 2.45) is 11.8 Å². The van der Waals surface area contributed by atoms with E-state index in [1.807, 2.05) is 24.3 Å². The van der Waals surface area contributed by atoms with Crippen molar-refractivity contribution in [1.29, 1.82) is 0 Å². The van der Waals surface area contributed by atoms with Crippen LogP contribution in [0, 0.1) is 11.8 Å². The number of halogens is 1. The molecule has 0 spiro atoms. The molecule has 17 heavy (non-hydrogen) atoms. The van der Waals surface area contributed by atoms with Gasteiger partial charge in [0, 0.05) is 16.0 Å². The standard InChI is InChI=1S/C15H19BrO/c1-2-11-6-8-12(9-7-11)15(17)13-4-3-5-14(16)10-13/h3-5,10-12H,2,6-9H2,1H3. The van der Waals surface area contributed by atoms with Gasteiger partial charge in [-0.15, -0.1) is 0 Å². The van der Waals surface area contributed by atoms with Gasteiger partial charge < -0.3 is 0 Å². The number of hydrogen-bond acceptors (Lipinski definition) is 1. The maximum absolute atomic E-state index is 12.3. The van der Waals surface area contributed by atoms with Gasteiger partial charge in [-0.05, 0) is 43.7 Å². The average Bonchev–Trinajstić information content (AvgIpc) is 2.38.